The predicted molar refractivity (Wildman–Crippen MR) is 96.8 cm³/mol. The van der Waals surface area contributed by atoms with Crippen molar-refractivity contribution >= 4 is 23.6 Å². The molecule has 2 rings (SSSR count). The van der Waals surface area contributed by atoms with Crippen LogP contribution < -0.4 is 19.9 Å². The molecule has 0 atom stereocenters. The quantitative estimate of drug-likeness (QED) is 0.564. The molecule has 0 aliphatic heterocycles. The van der Waals surface area contributed by atoms with Gasteiger partial charge in [-0.25, -0.2) is 0 Å². The van der Waals surface area contributed by atoms with Crippen molar-refractivity contribution in [2.24, 2.45) is 0 Å². The molecule has 138 valence electrons. The lowest BCUT2D eigenvalue weighted by atomic mass is 10.1. The number of hydrogen-bond acceptors (Lipinski definition) is 6. The van der Waals surface area contributed by atoms with Crippen molar-refractivity contribution in [2.75, 3.05) is 18.5 Å². The average Bonchev–Trinajstić information content (AvgIpc) is 2.66. The molecule has 7 heteroatoms. The minimum absolute atomic E-state index is 0.175. The van der Waals surface area contributed by atoms with Crippen LogP contribution in [0.4, 0.5) is 5.69 Å². The number of ether oxygens (including phenoxy) is 2. The molecule has 0 fully saturated rings. The number of nitrogens with one attached hydrogen (secondary N) is 1. The highest BCUT2D eigenvalue weighted by Gasteiger charge is 2.13. The van der Waals surface area contributed by atoms with Gasteiger partial charge in [-0.15, -0.1) is 0 Å². The third kappa shape index (κ3) is 5.61. The van der Waals surface area contributed by atoms with Crippen LogP contribution in [-0.2, 0) is 9.59 Å². The van der Waals surface area contributed by atoms with E-state index < -0.39 is 18.5 Å². The summed E-state index contributed by atoms with van der Waals surface area (Å²) in [6, 6.07) is 15.2. The number of carbonyl (C=O) groups is 2. The molecule has 0 aliphatic rings. The van der Waals surface area contributed by atoms with E-state index in [2.05, 4.69) is 5.32 Å². The highest BCUT2D eigenvalue weighted by atomic mass is 16.5. The van der Waals surface area contributed by atoms with Gasteiger partial charge in [0.25, 0.3) is 5.91 Å². The van der Waals surface area contributed by atoms with Crippen molar-refractivity contribution in [3.63, 3.8) is 0 Å². The second-order valence-electron chi connectivity index (χ2n) is 5.25. The Morgan fingerprint density at radius 2 is 1.78 bits per heavy atom. The maximum Gasteiger partial charge on any atom is 0.266 e. The van der Waals surface area contributed by atoms with E-state index in [4.69, 9.17) is 9.47 Å². The van der Waals surface area contributed by atoms with Crippen LogP contribution in [0.25, 0.3) is 6.08 Å². The number of nitrogens with zero attached hydrogens (tertiary/aromatic N) is 1. The lowest BCUT2D eigenvalue weighted by molar-refractivity contribution is -0.307. The van der Waals surface area contributed by atoms with Crippen LogP contribution in [0.2, 0.25) is 0 Å². The third-order valence-corrected chi connectivity index (χ3v) is 3.36. The van der Waals surface area contributed by atoms with Gasteiger partial charge in [0.1, 0.15) is 29.7 Å². The molecule has 0 radical (unpaired) electrons. The monoisotopic (exact) mass is 365 g/mol. The van der Waals surface area contributed by atoms with E-state index in [1.54, 1.807) is 42.5 Å². The number of carboxylic acids is 1. The Bertz CT molecular complexity index is 899. The summed E-state index contributed by atoms with van der Waals surface area (Å²) < 4.78 is 10.6. The molecule has 0 heterocycles. The van der Waals surface area contributed by atoms with Crippen LogP contribution in [0, 0.1) is 11.3 Å². The molecular weight excluding hydrogens is 348 g/mol. The lowest BCUT2D eigenvalue weighted by Gasteiger charge is -2.12. The molecule has 0 saturated carbocycles. The minimum atomic E-state index is -1.38. The van der Waals surface area contributed by atoms with Gasteiger partial charge in [-0.2, -0.15) is 5.26 Å². The average molecular weight is 365 g/mol. The zero-order valence-electron chi connectivity index (χ0n) is 14.6. The zero-order valence-corrected chi connectivity index (χ0v) is 14.6. The normalized spacial score (nSPS) is 10.6. The predicted octanol–water partition coefficient (Wildman–Crippen LogP) is 1.76. The topological polar surface area (TPSA) is 111 Å². The molecule has 1 amide bonds. The number of anilines is 1. The fourth-order valence-electron chi connectivity index (χ4n) is 2.21. The summed E-state index contributed by atoms with van der Waals surface area (Å²) in [5.41, 5.74) is 0.654. The summed E-state index contributed by atoms with van der Waals surface area (Å²) in [6.45, 7) is 1.61. The largest absolute Gasteiger partial charge is 0.546 e. The van der Waals surface area contributed by atoms with Gasteiger partial charge in [0, 0.05) is 5.56 Å². The molecule has 2 aromatic carbocycles. The van der Waals surface area contributed by atoms with Gasteiger partial charge < -0.3 is 24.7 Å². The number of amides is 1. The highest BCUT2D eigenvalue weighted by molar-refractivity contribution is 6.10. The molecule has 7 nitrogen and oxygen atoms in total. The zero-order chi connectivity index (χ0) is 19.6. The molecule has 2 aromatic rings. The van der Waals surface area contributed by atoms with E-state index in [1.165, 1.54) is 12.1 Å². The van der Waals surface area contributed by atoms with Gasteiger partial charge in [0.2, 0.25) is 0 Å². The van der Waals surface area contributed by atoms with Crippen molar-refractivity contribution in [3.05, 3.63) is 59.7 Å². The van der Waals surface area contributed by atoms with E-state index in [0.29, 0.717) is 23.6 Å². The Labute approximate surface area is 156 Å². The molecule has 0 aliphatic carbocycles. The number of rotatable bonds is 8. The van der Waals surface area contributed by atoms with Crippen molar-refractivity contribution in [1.29, 1.82) is 5.26 Å². The van der Waals surface area contributed by atoms with Gasteiger partial charge in [-0.05, 0) is 31.2 Å². The van der Waals surface area contributed by atoms with Crippen molar-refractivity contribution < 1.29 is 24.2 Å². The van der Waals surface area contributed by atoms with Gasteiger partial charge >= 0.3 is 0 Å². The Morgan fingerprint density at radius 1 is 1.11 bits per heavy atom. The van der Waals surface area contributed by atoms with E-state index >= 15 is 0 Å². The first-order valence-corrected chi connectivity index (χ1v) is 8.11. The summed E-state index contributed by atoms with van der Waals surface area (Å²) >= 11 is 0. The number of aliphatic carboxylic acids is 1. The van der Waals surface area contributed by atoms with Gasteiger partial charge in [0.15, 0.2) is 0 Å². The Kier molecular flexibility index (Phi) is 6.97. The van der Waals surface area contributed by atoms with Crippen LogP contribution in [-0.4, -0.2) is 25.1 Å². The number of carbonyl (C=O) groups excluding carboxylic acids is 2. The van der Waals surface area contributed by atoms with Crippen molar-refractivity contribution in [1.82, 2.24) is 0 Å². The van der Waals surface area contributed by atoms with Gasteiger partial charge in [-0.3, -0.25) is 4.79 Å². The molecular formula is C20H17N2O5-. The molecule has 27 heavy (non-hydrogen) atoms. The maximum absolute atomic E-state index is 12.5. The van der Waals surface area contributed by atoms with Crippen LogP contribution >= 0.6 is 0 Å². The van der Waals surface area contributed by atoms with E-state index in [9.17, 15) is 20.0 Å². The van der Waals surface area contributed by atoms with Gasteiger partial charge in [0.05, 0.1) is 18.3 Å². The van der Waals surface area contributed by atoms with E-state index in [-0.39, 0.29) is 11.3 Å². The first kappa shape index (κ1) is 19.5. The summed E-state index contributed by atoms with van der Waals surface area (Å²) in [4.78, 5) is 23.1. The number of benzene rings is 2. The molecule has 0 bridgehead atoms. The molecule has 0 unspecified atom stereocenters. The second-order valence-corrected chi connectivity index (χ2v) is 5.25. The summed E-state index contributed by atoms with van der Waals surface area (Å²) in [5.74, 6) is -1.29. The number of nitriles is 1. The SMILES string of the molecule is CCOc1ccccc1NC(=O)/C(C#N)=C/c1ccccc1OCC(=O)[O-]. The molecule has 0 saturated heterocycles. The first-order valence-electron chi connectivity index (χ1n) is 8.11. The minimum Gasteiger partial charge on any atom is -0.546 e. The van der Waals surface area contributed by atoms with Crippen LogP contribution in [0.3, 0.4) is 0 Å². The summed E-state index contributed by atoms with van der Waals surface area (Å²) in [6.07, 6.45) is 1.32. The summed E-state index contributed by atoms with van der Waals surface area (Å²) in [7, 11) is 0. The molecule has 0 aromatic heterocycles. The van der Waals surface area contributed by atoms with E-state index in [1.807, 2.05) is 13.0 Å². The smallest absolute Gasteiger partial charge is 0.266 e. The Balaban J connectivity index is 2.25. The summed E-state index contributed by atoms with van der Waals surface area (Å²) in [5, 5.41) is 22.6. The lowest BCUT2D eigenvalue weighted by Crippen LogP contribution is -2.29. The number of para-hydroxylation sites is 3. The Morgan fingerprint density at radius 3 is 2.44 bits per heavy atom. The fourth-order valence-corrected chi connectivity index (χ4v) is 2.21. The molecule has 0 spiro atoms. The number of carboxylic acid groups (broad SMARTS) is 1. The number of hydrogen-bond donors (Lipinski definition) is 1. The first-order chi connectivity index (χ1) is 13.0. The maximum atomic E-state index is 12.5. The van der Waals surface area contributed by atoms with Crippen LogP contribution in [0.1, 0.15) is 12.5 Å². The second kappa shape index (κ2) is 9.63. The van der Waals surface area contributed by atoms with Gasteiger partial charge in [-0.1, -0.05) is 30.3 Å². The third-order valence-electron chi connectivity index (χ3n) is 3.36. The standard InChI is InChI=1S/C20H18N2O5/c1-2-26-18-10-6-4-8-16(18)22-20(25)15(12-21)11-14-7-3-5-9-17(14)27-13-19(23)24/h3-11H,2,13H2,1H3,(H,22,25)(H,23,24)/p-1/b15-11+. The van der Waals surface area contributed by atoms with Crippen LogP contribution in [0.15, 0.2) is 54.1 Å². The fraction of sp³-hybridized carbons (Fsp3) is 0.150. The van der Waals surface area contributed by atoms with E-state index in [0.717, 1.165) is 0 Å². The highest BCUT2D eigenvalue weighted by Crippen LogP contribution is 2.25. The van der Waals surface area contributed by atoms with Crippen molar-refractivity contribution in [2.45, 2.75) is 6.92 Å². The molecule has 1 N–H and O–H groups in total. The van der Waals surface area contributed by atoms with Crippen molar-refractivity contribution in [3.8, 4) is 17.6 Å². The Hall–Kier alpha value is -3.79. The van der Waals surface area contributed by atoms with Crippen LogP contribution in [0.5, 0.6) is 11.5 Å².